The molecule has 0 saturated carbocycles. The molecule has 1 heterocycles. The molecule has 1 saturated heterocycles. The van der Waals surface area contributed by atoms with Gasteiger partial charge in [0.2, 0.25) is 0 Å². The van der Waals surface area contributed by atoms with Gasteiger partial charge in [0.05, 0.1) is 0 Å². The number of rotatable bonds is 2. The highest BCUT2D eigenvalue weighted by molar-refractivity contribution is 9.10. The van der Waals surface area contributed by atoms with Crippen LogP contribution in [0.15, 0.2) is 28.7 Å². The van der Waals surface area contributed by atoms with E-state index >= 15 is 0 Å². The van der Waals surface area contributed by atoms with Crippen LogP contribution in [0.2, 0.25) is 0 Å². The lowest BCUT2D eigenvalue weighted by atomic mass is 10.0. The highest BCUT2D eigenvalue weighted by atomic mass is 79.9. The Morgan fingerprint density at radius 1 is 1.44 bits per heavy atom. The van der Waals surface area contributed by atoms with Crippen LogP contribution < -0.4 is 4.90 Å². The second-order valence-corrected chi connectivity index (χ2v) is 5.51. The lowest BCUT2D eigenvalue weighted by Gasteiger charge is -2.36. The van der Waals surface area contributed by atoms with Gasteiger partial charge in [-0.05, 0) is 31.0 Å². The van der Waals surface area contributed by atoms with Crippen molar-refractivity contribution in [1.29, 1.82) is 0 Å². The normalized spacial score (nSPS) is 16.7. The number of anilines is 1. The average Bonchev–Trinajstić information content (AvgIpc) is 2.38. The van der Waals surface area contributed by atoms with E-state index in [1.165, 1.54) is 10.6 Å². The summed E-state index contributed by atoms with van der Waals surface area (Å²) in [5.41, 5.74) is 1.20. The van der Waals surface area contributed by atoms with Crippen LogP contribution in [0.3, 0.4) is 0 Å². The van der Waals surface area contributed by atoms with E-state index < -0.39 is 6.09 Å². The molecule has 0 aromatic heterocycles. The summed E-state index contributed by atoms with van der Waals surface area (Å²) >= 11 is 3.47. The van der Waals surface area contributed by atoms with Gasteiger partial charge in [0, 0.05) is 36.3 Å². The lowest BCUT2D eigenvalue weighted by Crippen LogP contribution is -2.45. The van der Waals surface area contributed by atoms with Crippen molar-refractivity contribution in [2.24, 2.45) is 0 Å². The van der Waals surface area contributed by atoms with Gasteiger partial charge in [0.1, 0.15) is 0 Å². The summed E-state index contributed by atoms with van der Waals surface area (Å²) in [6, 6.07) is 8.36. The van der Waals surface area contributed by atoms with Crippen LogP contribution in [0.4, 0.5) is 10.5 Å². The van der Waals surface area contributed by atoms with Crippen molar-refractivity contribution in [3.63, 3.8) is 0 Å². The number of amides is 1. The zero-order valence-corrected chi connectivity index (χ0v) is 11.9. The summed E-state index contributed by atoms with van der Waals surface area (Å²) in [6.07, 6.45) is 0.931. The number of hydrogen-bond donors (Lipinski definition) is 1. The van der Waals surface area contributed by atoms with E-state index in [4.69, 9.17) is 5.11 Å². The predicted octanol–water partition coefficient (Wildman–Crippen LogP) is 3.03. The average molecular weight is 313 g/mol. The Balaban J connectivity index is 1.96. The number of carbonyl (C=O) groups is 1. The van der Waals surface area contributed by atoms with Gasteiger partial charge in [-0.15, -0.1) is 0 Å². The highest BCUT2D eigenvalue weighted by Gasteiger charge is 2.25. The van der Waals surface area contributed by atoms with Crippen molar-refractivity contribution in [3.8, 4) is 0 Å². The van der Waals surface area contributed by atoms with Crippen LogP contribution in [-0.4, -0.2) is 42.3 Å². The van der Waals surface area contributed by atoms with Crippen LogP contribution in [0.25, 0.3) is 0 Å². The highest BCUT2D eigenvalue weighted by Crippen LogP contribution is 2.24. The van der Waals surface area contributed by atoms with E-state index in [0.29, 0.717) is 0 Å². The molecule has 1 aromatic rings. The first-order valence-electron chi connectivity index (χ1n) is 6.04. The third-order valence-corrected chi connectivity index (χ3v) is 3.98. The van der Waals surface area contributed by atoms with Gasteiger partial charge in [-0.25, -0.2) is 4.79 Å². The minimum Gasteiger partial charge on any atom is -0.465 e. The third-order valence-electron chi connectivity index (χ3n) is 3.49. The molecule has 18 heavy (non-hydrogen) atoms. The van der Waals surface area contributed by atoms with Gasteiger partial charge in [-0.3, -0.25) is 0 Å². The molecule has 1 aromatic carbocycles. The van der Waals surface area contributed by atoms with E-state index in [1.54, 1.807) is 7.05 Å². The van der Waals surface area contributed by atoms with Gasteiger partial charge in [-0.1, -0.05) is 22.0 Å². The molecule has 1 aliphatic heterocycles. The lowest BCUT2D eigenvalue weighted by molar-refractivity contribution is 0.131. The van der Waals surface area contributed by atoms with Crippen molar-refractivity contribution in [2.45, 2.75) is 18.9 Å². The summed E-state index contributed by atoms with van der Waals surface area (Å²) in [5, 5.41) is 8.96. The molecule has 1 amide bonds. The van der Waals surface area contributed by atoms with E-state index in [9.17, 15) is 4.79 Å². The van der Waals surface area contributed by atoms with Crippen LogP contribution in [-0.2, 0) is 0 Å². The third kappa shape index (κ3) is 2.96. The van der Waals surface area contributed by atoms with E-state index in [0.717, 1.165) is 30.4 Å². The molecule has 0 spiro atoms. The number of hydrogen-bond acceptors (Lipinski definition) is 2. The summed E-state index contributed by atoms with van der Waals surface area (Å²) in [4.78, 5) is 14.6. The summed E-state index contributed by atoms with van der Waals surface area (Å²) in [5.74, 6) is 0. The number of piperidine rings is 1. The molecule has 0 atom stereocenters. The molecule has 98 valence electrons. The summed E-state index contributed by atoms with van der Waals surface area (Å²) < 4.78 is 1.07. The van der Waals surface area contributed by atoms with E-state index in [1.807, 2.05) is 12.1 Å². The molecule has 0 aliphatic carbocycles. The monoisotopic (exact) mass is 312 g/mol. The van der Waals surface area contributed by atoms with Gasteiger partial charge in [0.25, 0.3) is 0 Å². The SMILES string of the molecule is CN(C(=O)O)C1CCN(c2cccc(Br)c2)CC1. The quantitative estimate of drug-likeness (QED) is 0.913. The first-order valence-corrected chi connectivity index (χ1v) is 6.83. The zero-order chi connectivity index (χ0) is 13.1. The Morgan fingerprint density at radius 3 is 2.67 bits per heavy atom. The first-order chi connectivity index (χ1) is 8.58. The van der Waals surface area contributed by atoms with Crippen LogP contribution >= 0.6 is 15.9 Å². The molecule has 1 fully saturated rings. The van der Waals surface area contributed by atoms with Gasteiger partial charge in [-0.2, -0.15) is 0 Å². The zero-order valence-electron chi connectivity index (χ0n) is 10.3. The van der Waals surface area contributed by atoms with Crippen LogP contribution in [0.5, 0.6) is 0 Å². The van der Waals surface area contributed by atoms with Crippen molar-refractivity contribution in [3.05, 3.63) is 28.7 Å². The van der Waals surface area contributed by atoms with E-state index in [2.05, 4.69) is 33.0 Å². The molecule has 1 N–H and O–H groups in total. The Kier molecular flexibility index (Phi) is 4.11. The Bertz CT molecular complexity index is 431. The minimum absolute atomic E-state index is 0.144. The fourth-order valence-corrected chi connectivity index (χ4v) is 2.73. The van der Waals surface area contributed by atoms with Crippen molar-refractivity contribution >= 4 is 27.7 Å². The summed E-state index contributed by atoms with van der Waals surface area (Å²) in [6.45, 7) is 1.80. The molecule has 2 rings (SSSR count). The Labute approximate surface area is 115 Å². The van der Waals surface area contributed by atoms with Gasteiger partial charge in [0.15, 0.2) is 0 Å². The van der Waals surface area contributed by atoms with Crippen LogP contribution in [0, 0.1) is 0 Å². The van der Waals surface area contributed by atoms with Gasteiger partial charge >= 0.3 is 6.09 Å². The molecular weight excluding hydrogens is 296 g/mol. The topological polar surface area (TPSA) is 43.8 Å². The second kappa shape index (κ2) is 5.61. The first kappa shape index (κ1) is 13.2. The summed E-state index contributed by atoms with van der Waals surface area (Å²) in [7, 11) is 1.65. The molecule has 4 nitrogen and oxygen atoms in total. The smallest absolute Gasteiger partial charge is 0.407 e. The maximum Gasteiger partial charge on any atom is 0.407 e. The molecule has 0 radical (unpaired) electrons. The largest absolute Gasteiger partial charge is 0.465 e. The molecule has 0 bridgehead atoms. The molecular formula is C13H17BrN2O2. The standard InChI is InChI=1S/C13H17BrN2O2/c1-15(13(17)18)11-5-7-16(8-6-11)12-4-2-3-10(14)9-12/h2-4,9,11H,5-8H2,1H3,(H,17,18). The number of nitrogens with zero attached hydrogens (tertiary/aromatic N) is 2. The molecule has 5 heteroatoms. The van der Waals surface area contributed by atoms with Crippen LogP contribution in [0.1, 0.15) is 12.8 Å². The number of carboxylic acid groups (broad SMARTS) is 1. The van der Waals surface area contributed by atoms with Crippen molar-refractivity contribution in [2.75, 3.05) is 25.0 Å². The Hall–Kier alpha value is -1.23. The Morgan fingerprint density at radius 2 is 2.11 bits per heavy atom. The van der Waals surface area contributed by atoms with Crippen molar-refractivity contribution < 1.29 is 9.90 Å². The maximum atomic E-state index is 10.9. The van der Waals surface area contributed by atoms with Gasteiger partial charge < -0.3 is 14.9 Å². The minimum atomic E-state index is -0.837. The van der Waals surface area contributed by atoms with E-state index in [-0.39, 0.29) is 6.04 Å². The van der Waals surface area contributed by atoms with Crippen molar-refractivity contribution in [1.82, 2.24) is 4.90 Å². The number of halogens is 1. The predicted molar refractivity (Wildman–Crippen MR) is 75.2 cm³/mol. The molecule has 1 aliphatic rings. The molecule has 0 unspecified atom stereocenters. The fraction of sp³-hybridized carbons (Fsp3) is 0.462. The second-order valence-electron chi connectivity index (χ2n) is 4.59. The fourth-order valence-electron chi connectivity index (χ4n) is 2.34. The number of benzene rings is 1. The maximum absolute atomic E-state index is 10.9.